The molecule has 2 aliphatic rings. The van der Waals surface area contributed by atoms with Gasteiger partial charge >= 0.3 is 0 Å². The number of carbonyl (C=O) groups is 1. The van der Waals surface area contributed by atoms with Crippen molar-refractivity contribution in [3.05, 3.63) is 58.1 Å². The minimum atomic E-state index is -1.04. The molecule has 0 radical (unpaired) electrons. The second-order valence-corrected chi connectivity index (χ2v) is 9.50. The maximum absolute atomic E-state index is 11.4. The van der Waals surface area contributed by atoms with E-state index in [0.717, 1.165) is 41.8 Å². The van der Waals surface area contributed by atoms with Gasteiger partial charge in [0.2, 0.25) is 12.3 Å². The number of hydrogen-bond acceptors (Lipinski definition) is 4. The molecule has 0 heterocycles. The number of hydrogen-bond donors (Lipinski definition) is 3. The number of nitrogens with two attached hydrogens (primary N) is 1. The predicted octanol–water partition coefficient (Wildman–Crippen LogP) is 3.06. The third-order valence-corrected chi connectivity index (χ3v) is 7.26. The second kappa shape index (κ2) is 8.88. The number of aliphatic hydroxyl groups is 1. The number of fused-ring (bicyclic) bond motifs is 2. The Morgan fingerprint density at radius 1 is 1.17 bits per heavy atom. The van der Waals surface area contributed by atoms with E-state index in [1.165, 1.54) is 35.1 Å². The molecule has 1 amide bonds. The molecule has 7 heteroatoms. The van der Waals surface area contributed by atoms with Crippen molar-refractivity contribution in [2.45, 2.75) is 63.2 Å². The van der Waals surface area contributed by atoms with Gasteiger partial charge in [-0.2, -0.15) is 4.36 Å². The van der Waals surface area contributed by atoms with Gasteiger partial charge < -0.3 is 15.3 Å². The molecule has 0 bridgehead atoms. The van der Waals surface area contributed by atoms with Crippen molar-refractivity contribution in [3.63, 3.8) is 0 Å². The first-order chi connectivity index (χ1) is 14.4. The van der Waals surface area contributed by atoms with Gasteiger partial charge in [-0.25, -0.2) is 0 Å². The van der Waals surface area contributed by atoms with Crippen molar-refractivity contribution in [3.8, 4) is 0 Å². The van der Waals surface area contributed by atoms with E-state index in [0.29, 0.717) is 6.54 Å². The number of rotatable bonds is 6. The van der Waals surface area contributed by atoms with Crippen LogP contribution >= 0.6 is 0 Å². The van der Waals surface area contributed by atoms with Crippen LogP contribution in [-0.4, -0.2) is 29.3 Å². The third-order valence-electron chi connectivity index (χ3n) is 6.08. The van der Waals surface area contributed by atoms with E-state index in [1.54, 1.807) is 18.9 Å². The lowest BCUT2D eigenvalue weighted by atomic mass is 9.99. The zero-order valence-electron chi connectivity index (χ0n) is 17.6. The Morgan fingerprint density at radius 3 is 2.33 bits per heavy atom. The maximum atomic E-state index is 11.4. The molecule has 160 valence electrons. The zero-order valence-corrected chi connectivity index (χ0v) is 18.5. The van der Waals surface area contributed by atoms with Gasteiger partial charge in [-0.1, -0.05) is 18.2 Å². The number of nitrogens with one attached hydrogen (secondary N) is 1. The molecule has 0 saturated heterocycles. The van der Waals surface area contributed by atoms with Crippen molar-refractivity contribution in [2.24, 2.45) is 9.50 Å². The summed E-state index contributed by atoms with van der Waals surface area (Å²) in [7, 11) is 0.844. The fourth-order valence-electron chi connectivity index (χ4n) is 4.43. The molecule has 4 N–H and O–H groups in total. The molecule has 0 aromatic heterocycles. The van der Waals surface area contributed by atoms with Crippen molar-refractivity contribution >= 4 is 22.5 Å². The molecule has 2 unspecified atom stereocenters. The summed E-state index contributed by atoms with van der Waals surface area (Å²) in [6.45, 7) is 2.11. The third kappa shape index (κ3) is 4.43. The molecule has 6 nitrogen and oxygen atoms in total. The van der Waals surface area contributed by atoms with Crippen molar-refractivity contribution < 1.29 is 9.90 Å². The minimum Gasteiger partial charge on any atom is -0.355 e. The van der Waals surface area contributed by atoms with E-state index in [-0.39, 0.29) is 5.91 Å². The molecule has 4 rings (SSSR count). The Bertz CT molecular complexity index is 955. The Morgan fingerprint density at radius 2 is 1.77 bits per heavy atom. The highest BCUT2D eigenvalue weighted by Gasteiger charge is 2.24. The first kappa shape index (κ1) is 21.0. The van der Waals surface area contributed by atoms with Gasteiger partial charge in [0, 0.05) is 42.0 Å². The van der Waals surface area contributed by atoms with E-state index >= 15 is 0 Å². The SMILES string of the molecule is CC(=O)N(C)Cc1ccc(/S(N)=N/C(O)Nc2c3c(cc4c2CCC4)CCC3)cc1. The average Bonchev–Trinajstić information content (AvgIpc) is 3.37. The molecule has 0 aliphatic heterocycles. The molecule has 2 aliphatic carbocycles. The van der Waals surface area contributed by atoms with Gasteiger partial charge in [-0.3, -0.25) is 9.93 Å². The van der Waals surface area contributed by atoms with Gasteiger partial charge in [0.25, 0.3) is 0 Å². The fraction of sp³-hybridized carbons (Fsp3) is 0.435. The normalized spacial score (nSPS) is 16.8. The van der Waals surface area contributed by atoms with E-state index < -0.39 is 17.2 Å². The van der Waals surface area contributed by atoms with Crippen LogP contribution in [0.4, 0.5) is 5.69 Å². The van der Waals surface area contributed by atoms with Crippen LogP contribution < -0.4 is 10.5 Å². The lowest BCUT2D eigenvalue weighted by molar-refractivity contribution is -0.128. The number of aliphatic hydroxyl groups excluding tert-OH is 1. The fourth-order valence-corrected chi connectivity index (χ4v) is 5.24. The standard InChI is InChI=1S/C23H30N4O2S/c1-15(28)27(2)14-16-9-11-19(12-10-16)30(24)26-23(29)25-22-20-7-3-5-17(20)13-18-6-4-8-21(18)22/h9-13,23,25,29H,3-8,14H2,1-2H3,(H2,24,26). The number of amides is 1. The minimum absolute atomic E-state index is 0.0285. The van der Waals surface area contributed by atoms with Crippen molar-refractivity contribution in [2.75, 3.05) is 12.4 Å². The van der Waals surface area contributed by atoms with Crippen LogP contribution in [-0.2, 0) is 47.9 Å². The highest BCUT2D eigenvalue weighted by Crippen LogP contribution is 2.38. The lowest BCUT2D eigenvalue weighted by Gasteiger charge is -2.19. The molecule has 0 spiro atoms. The smallest absolute Gasteiger partial charge is 0.230 e. The molecule has 2 aromatic carbocycles. The van der Waals surface area contributed by atoms with Crippen LogP contribution in [0.1, 0.15) is 47.6 Å². The van der Waals surface area contributed by atoms with Crippen molar-refractivity contribution in [1.29, 1.82) is 0 Å². The molecular formula is C23H30N4O2S. The predicted molar refractivity (Wildman–Crippen MR) is 121 cm³/mol. The summed E-state index contributed by atoms with van der Waals surface area (Å²) in [5.74, 6) is 0.0285. The number of aryl methyl sites for hydroxylation is 2. The number of benzene rings is 2. The Kier molecular flexibility index (Phi) is 6.22. The summed E-state index contributed by atoms with van der Waals surface area (Å²) >= 11 is 0. The number of carbonyl (C=O) groups excluding carboxylic acids is 1. The van der Waals surface area contributed by atoms with Gasteiger partial charge in [-0.05, 0) is 78.5 Å². The monoisotopic (exact) mass is 426 g/mol. The number of anilines is 1. The summed E-state index contributed by atoms with van der Waals surface area (Å²) in [6, 6.07) is 10.1. The quantitative estimate of drug-likeness (QED) is 0.619. The Hall–Kier alpha value is -2.22. The number of nitrogens with zero attached hydrogens (tertiary/aromatic N) is 2. The maximum Gasteiger partial charge on any atom is 0.230 e. The average molecular weight is 427 g/mol. The van der Waals surface area contributed by atoms with Crippen LogP contribution in [0.15, 0.2) is 39.6 Å². The first-order valence-corrected chi connectivity index (χ1v) is 11.8. The van der Waals surface area contributed by atoms with Gasteiger partial charge in [0.15, 0.2) is 0 Å². The van der Waals surface area contributed by atoms with Crippen LogP contribution in [0.3, 0.4) is 0 Å². The first-order valence-electron chi connectivity index (χ1n) is 10.5. The summed E-state index contributed by atoms with van der Waals surface area (Å²) < 4.78 is 4.40. The van der Waals surface area contributed by atoms with Crippen molar-refractivity contribution in [1.82, 2.24) is 4.90 Å². The van der Waals surface area contributed by atoms with Crippen LogP contribution in [0.2, 0.25) is 0 Å². The van der Waals surface area contributed by atoms with Crippen LogP contribution in [0, 0.1) is 0 Å². The van der Waals surface area contributed by atoms with Crippen LogP contribution in [0.25, 0.3) is 0 Å². The highest BCUT2D eigenvalue weighted by atomic mass is 32.2. The second-order valence-electron chi connectivity index (χ2n) is 8.19. The molecule has 2 atom stereocenters. The van der Waals surface area contributed by atoms with Crippen LogP contribution in [0.5, 0.6) is 0 Å². The van der Waals surface area contributed by atoms with E-state index in [4.69, 9.17) is 5.14 Å². The largest absolute Gasteiger partial charge is 0.355 e. The Labute approximate surface area is 180 Å². The lowest BCUT2D eigenvalue weighted by Crippen LogP contribution is -2.23. The summed E-state index contributed by atoms with van der Waals surface area (Å²) in [4.78, 5) is 13.9. The van der Waals surface area contributed by atoms with Gasteiger partial charge in [-0.15, -0.1) is 0 Å². The zero-order chi connectivity index (χ0) is 21.3. The Balaban J connectivity index is 1.49. The summed E-state index contributed by atoms with van der Waals surface area (Å²) in [5, 5.41) is 20.2. The van der Waals surface area contributed by atoms with Gasteiger partial charge in [0.1, 0.15) is 0 Å². The molecule has 30 heavy (non-hydrogen) atoms. The summed E-state index contributed by atoms with van der Waals surface area (Å²) in [6.07, 6.45) is 5.66. The van der Waals surface area contributed by atoms with E-state index in [2.05, 4.69) is 15.7 Å². The van der Waals surface area contributed by atoms with Gasteiger partial charge in [0.05, 0.1) is 0 Å². The molecule has 0 saturated carbocycles. The summed E-state index contributed by atoms with van der Waals surface area (Å²) in [5.41, 5.74) is 7.66. The molecular weight excluding hydrogens is 396 g/mol. The highest BCUT2D eigenvalue weighted by molar-refractivity contribution is 7.85. The van der Waals surface area contributed by atoms with E-state index in [1.807, 2.05) is 24.3 Å². The van der Waals surface area contributed by atoms with E-state index in [9.17, 15) is 9.90 Å². The molecule has 0 fully saturated rings. The topological polar surface area (TPSA) is 91.0 Å². The molecule has 2 aromatic rings.